The first-order chi connectivity index (χ1) is 14.4. The van der Waals surface area contributed by atoms with Crippen LogP contribution >= 0.6 is 11.3 Å². The first-order valence-corrected chi connectivity index (χ1v) is 10.6. The fraction of sp³-hybridized carbons (Fsp3) is 0.250. The van der Waals surface area contributed by atoms with Gasteiger partial charge in [-0.05, 0) is 56.0 Å². The number of benzene rings is 2. The van der Waals surface area contributed by atoms with Gasteiger partial charge in [-0.3, -0.25) is 4.79 Å². The monoisotopic (exact) mass is 423 g/mol. The smallest absolute Gasteiger partial charge is 0.341 e. The number of amides is 1. The number of carbonyl (C=O) groups is 2. The molecular weight excluding hydrogens is 398 g/mol. The SMILES string of the molecule is CCOC(=O)c1c(-c2ccc(C)c(C)c2)csc1NC(=O)COc1ccccc1C. The lowest BCUT2D eigenvalue weighted by Gasteiger charge is -2.11. The molecule has 0 fully saturated rings. The quantitative estimate of drug-likeness (QED) is 0.507. The highest BCUT2D eigenvalue weighted by Crippen LogP contribution is 2.37. The third kappa shape index (κ3) is 4.89. The zero-order chi connectivity index (χ0) is 21.7. The standard InChI is InChI=1S/C24H25NO4S/c1-5-28-24(27)22-19(18-11-10-15(2)17(4)12-18)14-30-23(22)25-21(26)13-29-20-9-7-6-8-16(20)3/h6-12,14H,5,13H2,1-4H3,(H,25,26). The second-order valence-corrected chi connectivity index (χ2v) is 7.86. The van der Waals surface area contributed by atoms with Crippen LogP contribution in [0.2, 0.25) is 0 Å². The Bertz CT molecular complexity index is 1070. The molecule has 0 saturated carbocycles. The Labute approximate surface area is 180 Å². The van der Waals surface area contributed by atoms with Gasteiger partial charge in [0.05, 0.1) is 6.61 Å². The molecule has 1 heterocycles. The number of hydrogen-bond acceptors (Lipinski definition) is 5. The summed E-state index contributed by atoms with van der Waals surface area (Å²) in [6, 6.07) is 13.5. The molecule has 0 radical (unpaired) electrons. The van der Waals surface area contributed by atoms with Crippen LogP contribution in [0.4, 0.5) is 5.00 Å². The van der Waals surface area contributed by atoms with Gasteiger partial charge in [-0.2, -0.15) is 0 Å². The van der Waals surface area contributed by atoms with E-state index in [-0.39, 0.29) is 19.1 Å². The summed E-state index contributed by atoms with van der Waals surface area (Å²) in [7, 11) is 0. The molecule has 0 bridgehead atoms. The van der Waals surface area contributed by atoms with Crippen molar-refractivity contribution in [2.75, 3.05) is 18.5 Å². The zero-order valence-corrected chi connectivity index (χ0v) is 18.4. The molecule has 3 rings (SSSR count). The van der Waals surface area contributed by atoms with Crippen molar-refractivity contribution in [3.8, 4) is 16.9 Å². The van der Waals surface area contributed by atoms with Crippen molar-refractivity contribution < 1.29 is 19.1 Å². The van der Waals surface area contributed by atoms with Gasteiger partial charge < -0.3 is 14.8 Å². The third-order valence-electron chi connectivity index (χ3n) is 4.79. The van der Waals surface area contributed by atoms with Gasteiger partial charge in [0, 0.05) is 10.9 Å². The minimum Gasteiger partial charge on any atom is -0.483 e. The van der Waals surface area contributed by atoms with Crippen LogP contribution in [0, 0.1) is 20.8 Å². The van der Waals surface area contributed by atoms with Crippen LogP contribution in [0.25, 0.3) is 11.1 Å². The van der Waals surface area contributed by atoms with Crippen LogP contribution in [0.15, 0.2) is 47.8 Å². The zero-order valence-electron chi connectivity index (χ0n) is 17.6. The molecule has 1 N–H and O–H groups in total. The van der Waals surface area contributed by atoms with Crippen LogP contribution in [-0.2, 0) is 9.53 Å². The van der Waals surface area contributed by atoms with Crippen LogP contribution < -0.4 is 10.1 Å². The summed E-state index contributed by atoms with van der Waals surface area (Å²) < 4.78 is 10.9. The van der Waals surface area contributed by atoms with Crippen molar-refractivity contribution in [2.24, 2.45) is 0 Å². The lowest BCUT2D eigenvalue weighted by Crippen LogP contribution is -2.21. The number of ether oxygens (including phenoxy) is 2. The molecular formula is C24H25NO4S. The fourth-order valence-electron chi connectivity index (χ4n) is 3.00. The van der Waals surface area contributed by atoms with E-state index in [9.17, 15) is 9.59 Å². The fourth-order valence-corrected chi connectivity index (χ4v) is 3.98. The third-order valence-corrected chi connectivity index (χ3v) is 5.69. The van der Waals surface area contributed by atoms with E-state index in [0.29, 0.717) is 16.3 Å². The Hall–Kier alpha value is -3.12. The summed E-state index contributed by atoms with van der Waals surface area (Å²) in [4.78, 5) is 25.2. The van der Waals surface area contributed by atoms with E-state index in [1.807, 2.05) is 68.6 Å². The van der Waals surface area contributed by atoms with Gasteiger partial charge in [0.1, 0.15) is 16.3 Å². The van der Waals surface area contributed by atoms with E-state index in [4.69, 9.17) is 9.47 Å². The number of nitrogens with one attached hydrogen (secondary N) is 1. The van der Waals surface area contributed by atoms with Crippen LogP contribution in [-0.4, -0.2) is 25.1 Å². The van der Waals surface area contributed by atoms with Gasteiger partial charge in [0.15, 0.2) is 6.61 Å². The molecule has 30 heavy (non-hydrogen) atoms. The average Bonchev–Trinajstić information content (AvgIpc) is 3.13. The van der Waals surface area contributed by atoms with Crippen molar-refractivity contribution in [3.05, 3.63) is 70.1 Å². The molecule has 0 aliphatic heterocycles. The summed E-state index contributed by atoms with van der Waals surface area (Å²) in [5, 5.41) is 5.14. The molecule has 2 aromatic carbocycles. The van der Waals surface area contributed by atoms with E-state index in [2.05, 4.69) is 5.32 Å². The summed E-state index contributed by atoms with van der Waals surface area (Å²) in [5.41, 5.74) is 5.28. The highest BCUT2D eigenvalue weighted by atomic mass is 32.1. The lowest BCUT2D eigenvalue weighted by atomic mass is 9.99. The van der Waals surface area contributed by atoms with E-state index in [1.54, 1.807) is 6.92 Å². The molecule has 0 saturated heterocycles. The Kier molecular flexibility index (Phi) is 6.90. The van der Waals surface area contributed by atoms with Crippen molar-refractivity contribution in [2.45, 2.75) is 27.7 Å². The van der Waals surface area contributed by atoms with Crippen molar-refractivity contribution >= 4 is 28.2 Å². The number of para-hydroxylation sites is 1. The maximum atomic E-state index is 12.7. The van der Waals surface area contributed by atoms with Crippen molar-refractivity contribution in [1.82, 2.24) is 0 Å². The Morgan fingerprint density at radius 3 is 2.47 bits per heavy atom. The molecule has 156 valence electrons. The maximum Gasteiger partial charge on any atom is 0.341 e. The van der Waals surface area contributed by atoms with Gasteiger partial charge in [-0.1, -0.05) is 36.4 Å². The average molecular weight is 424 g/mol. The van der Waals surface area contributed by atoms with Crippen LogP contribution in [0.5, 0.6) is 5.75 Å². The molecule has 0 unspecified atom stereocenters. The highest BCUT2D eigenvalue weighted by Gasteiger charge is 2.23. The summed E-state index contributed by atoms with van der Waals surface area (Å²) in [6.07, 6.45) is 0. The van der Waals surface area contributed by atoms with E-state index < -0.39 is 5.97 Å². The van der Waals surface area contributed by atoms with E-state index in [0.717, 1.165) is 22.3 Å². The van der Waals surface area contributed by atoms with Crippen LogP contribution in [0.1, 0.15) is 34.0 Å². The van der Waals surface area contributed by atoms with Crippen LogP contribution in [0.3, 0.4) is 0 Å². The van der Waals surface area contributed by atoms with Gasteiger partial charge in [-0.15, -0.1) is 11.3 Å². The minimum atomic E-state index is -0.456. The summed E-state index contributed by atoms with van der Waals surface area (Å²) in [6.45, 7) is 7.85. The van der Waals surface area contributed by atoms with Gasteiger partial charge in [0.2, 0.25) is 0 Å². The Balaban J connectivity index is 1.84. The van der Waals surface area contributed by atoms with E-state index in [1.165, 1.54) is 16.9 Å². The number of carbonyl (C=O) groups excluding carboxylic acids is 2. The van der Waals surface area contributed by atoms with Gasteiger partial charge in [0.25, 0.3) is 5.91 Å². The summed E-state index contributed by atoms with van der Waals surface area (Å²) >= 11 is 1.30. The second kappa shape index (κ2) is 9.59. The largest absolute Gasteiger partial charge is 0.483 e. The molecule has 1 amide bonds. The van der Waals surface area contributed by atoms with Gasteiger partial charge >= 0.3 is 5.97 Å². The molecule has 0 atom stereocenters. The number of anilines is 1. The van der Waals surface area contributed by atoms with Crippen molar-refractivity contribution in [3.63, 3.8) is 0 Å². The highest BCUT2D eigenvalue weighted by molar-refractivity contribution is 7.15. The predicted molar refractivity (Wildman–Crippen MR) is 120 cm³/mol. The second-order valence-electron chi connectivity index (χ2n) is 6.98. The summed E-state index contributed by atoms with van der Waals surface area (Å²) in [5.74, 6) is -0.139. The first-order valence-electron chi connectivity index (χ1n) is 9.75. The van der Waals surface area contributed by atoms with E-state index >= 15 is 0 Å². The Morgan fingerprint density at radius 1 is 1.00 bits per heavy atom. The molecule has 0 spiro atoms. The molecule has 3 aromatic rings. The molecule has 0 aliphatic rings. The minimum absolute atomic E-state index is 0.149. The van der Waals surface area contributed by atoms with Gasteiger partial charge in [-0.25, -0.2) is 4.79 Å². The number of aryl methyl sites for hydroxylation is 3. The predicted octanol–water partition coefficient (Wildman–Crippen LogP) is 5.53. The number of hydrogen-bond donors (Lipinski definition) is 1. The molecule has 0 aliphatic carbocycles. The normalized spacial score (nSPS) is 10.5. The van der Waals surface area contributed by atoms with Crippen molar-refractivity contribution in [1.29, 1.82) is 0 Å². The molecule has 1 aromatic heterocycles. The Morgan fingerprint density at radius 2 is 1.77 bits per heavy atom. The maximum absolute atomic E-state index is 12.7. The number of thiophene rings is 1. The lowest BCUT2D eigenvalue weighted by molar-refractivity contribution is -0.118. The first kappa shape index (κ1) is 21.6. The molecule has 5 nitrogen and oxygen atoms in total. The topological polar surface area (TPSA) is 64.6 Å². The number of esters is 1. The molecule has 6 heteroatoms. The number of rotatable bonds is 7.